The van der Waals surface area contributed by atoms with Crippen molar-refractivity contribution in [3.05, 3.63) is 12.4 Å². The van der Waals surface area contributed by atoms with Gasteiger partial charge >= 0.3 is 0 Å². The first-order chi connectivity index (χ1) is 8.42. The van der Waals surface area contributed by atoms with E-state index in [1.165, 1.54) is 6.42 Å². The zero-order valence-electron chi connectivity index (χ0n) is 9.93. The molecule has 0 spiro atoms. The lowest BCUT2D eigenvalue weighted by Crippen LogP contribution is -2.44. The summed E-state index contributed by atoms with van der Waals surface area (Å²) in [5, 5.41) is 3.33. The Morgan fingerprint density at radius 2 is 2.06 bits per heavy atom. The fraction of sp³-hybridized carbons (Fsp3) is 0.667. The fourth-order valence-corrected chi connectivity index (χ4v) is 2.10. The van der Waals surface area contributed by atoms with Crippen molar-refractivity contribution in [1.82, 2.24) is 15.3 Å². The average Bonchev–Trinajstić information content (AvgIpc) is 2.35. The molecule has 2 heterocycles. The maximum Gasteiger partial charge on any atom is 0.234 e. The van der Waals surface area contributed by atoms with Gasteiger partial charge in [-0.2, -0.15) is 4.98 Å². The number of nitrogens with zero attached hydrogens (tertiary/aromatic N) is 3. The quantitative estimate of drug-likeness (QED) is 0.839. The zero-order valence-corrected chi connectivity index (χ0v) is 9.93. The Hall–Kier alpha value is -1.36. The standard InChI is InChI=1S/C12H18N4O/c1-2-10(3-1)17-12-9-14-8-11(15-12)16-6-4-13-5-7-16/h8-10,13H,1-7H2. The van der Waals surface area contributed by atoms with Gasteiger partial charge in [0.1, 0.15) is 6.10 Å². The molecule has 0 radical (unpaired) electrons. The van der Waals surface area contributed by atoms with E-state index in [1.54, 1.807) is 6.20 Å². The summed E-state index contributed by atoms with van der Waals surface area (Å²) in [6.07, 6.45) is 7.47. The third kappa shape index (κ3) is 2.49. The molecule has 1 aromatic rings. The van der Waals surface area contributed by atoms with Crippen molar-refractivity contribution in [2.24, 2.45) is 0 Å². The second-order valence-electron chi connectivity index (χ2n) is 4.62. The smallest absolute Gasteiger partial charge is 0.234 e. The third-order valence-electron chi connectivity index (χ3n) is 3.38. The molecule has 0 aromatic carbocycles. The normalized spacial score (nSPS) is 21.1. The van der Waals surface area contributed by atoms with Crippen molar-refractivity contribution in [3.63, 3.8) is 0 Å². The Labute approximate surface area is 101 Å². The summed E-state index contributed by atoms with van der Waals surface area (Å²) in [5.41, 5.74) is 0. The van der Waals surface area contributed by atoms with Gasteiger partial charge in [-0.05, 0) is 19.3 Å². The molecule has 92 valence electrons. The van der Waals surface area contributed by atoms with Gasteiger partial charge in [-0.25, -0.2) is 0 Å². The van der Waals surface area contributed by atoms with Crippen LogP contribution < -0.4 is 15.0 Å². The van der Waals surface area contributed by atoms with E-state index in [9.17, 15) is 0 Å². The van der Waals surface area contributed by atoms with E-state index in [1.807, 2.05) is 6.20 Å². The molecule has 3 rings (SSSR count). The zero-order chi connectivity index (χ0) is 11.5. The summed E-state index contributed by atoms with van der Waals surface area (Å²) in [4.78, 5) is 11.0. The summed E-state index contributed by atoms with van der Waals surface area (Å²) in [6, 6.07) is 0. The second-order valence-corrected chi connectivity index (χ2v) is 4.62. The van der Waals surface area contributed by atoms with Gasteiger partial charge in [0.15, 0.2) is 5.82 Å². The molecule has 0 amide bonds. The van der Waals surface area contributed by atoms with Crippen molar-refractivity contribution >= 4 is 5.82 Å². The molecule has 1 N–H and O–H groups in total. The van der Waals surface area contributed by atoms with E-state index in [-0.39, 0.29) is 0 Å². The van der Waals surface area contributed by atoms with Crippen LogP contribution in [-0.2, 0) is 0 Å². The van der Waals surface area contributed by atoms with E-state index in [2.05, 4.69) is 20.2 Å². The number of hydrogen-bond acceptors (Lipinski definition) is 5. The highest BCUT2D eigenvalue weighted by Crippen LogP contribution is 2.24. The Bertz CT molecular complexity index is 375. The molecule has 1 aromatic heterocycles. The second kappa shape index (κ2) is 4.87. The Balaban J connectivity index is 1.68. The summed E-state index contributed by atoms with van der Waals surface area (Å²) in [7, 11) is 0. The lowest BCUT2D eigenvalue weighted by atomic mass is 9.96. The predicted molar refractivity (Wildman–Crippen MR) is 65.4 cm³/mol. The summed E-state index contributed by atoms with van der Waals surface area (Å²) in [6.45, 7) is 3.99. The summed E-state index contributed by atoms with van der Waals surface area (Å²) >= 11 is 0. The molecule has 1 saturated carbocycles. The third-order valence-corrected chi connectivity index (χ3v) is 3.38. The van der Waals surface area contributed by atoms with Gasteiger partial charge < -0.3 is 15.0 Å². The monoisotopic (exact) mass is 234 g/mol. The number of hydrogen-bond donors (Lipinski definition) is 1. The van der Waals surface area contributed by atoms with Gasteiger partial charge in [0.2, 0.25) is 5.88 Å². The number of nitrogens with one attached hydrogen (secondary N) is 1. The van der Waals surface area contributed by atoms with Crippen LogP contribution in [0.3, 0.4) is 0 Å². The van der Waals surface area contributed by atoms with Crippen molar-refractivity contribution in [1.29, 1.82) is 0 Å². The van der Waals surface area contributed by atoms with Crippen LogP contribution in [0.5, 0.6) is 5.88 Å². The van der Waals surface area contributed by atoms with Gasteiger partial charge in [-0.3, -0.25) is 4.98 Å². The van der Waals surface area contributed by atoms with Crippen LogP contribution in [0.4, 0.5) is 5.82 Å². The maximum absolute atomic E-state index is 5.77. The van der Waals surface area contributed by atoms with Crippen LogP contribution in [0.1, 0.15) is 19.3 Å². The first-order valence-electron chi connectivity index (χ1n) is 6.36. The molecule has 0 bridgehead atoms. The summed E-state index contributed by atoms with van der Waals surface area (Å²) < 4.78 is 5.77. The highest BCUT2D eigenvalue weighted by Gasteiger charge is 2.20. The highest BCUT2D eigenvalue weighted by atomic mass is 16.5. The minimum atomic E-state index is 0.363. The van der Waals surface area contributed by atoms with Gasteiger partial charge in [-0.15, -0.1) is 0 Å². The lowest BCUT2D eigenvalue weighted by molar-refractivity contribution is 0.114. The van der Waals surface area contributed by atoms with Gasteiger partial charge in [0.05, 0.1) is 12.4 Å². The van der Waals surface area contributed by atoms with Gasteiger partial charge in [0, 0.05) is 26.2 Å². The number of aromatic nitrogens is 2. The molecule has 0 atom stereocenters. The van der Waals surface area contributed by atoms with Crippen LogP contribution in [0, 0.1) is 0 Å². The van der Waals surface area contributed by atoms with E-state index in [0.717, 1.165) is 44.8 Å². The molecule has 2 aliphatic rings. The van der Waals surface area contributed by atoms with E-state index in [4.69, 9.17) is 4.74 Å². The predicted octanol–water partition coefficient (Wildman–Crippen LogP) is 0.817. The van der Waals surface area contributed by atoms with Gasteiger partial charge in [-0.1, -0.05) is 0 Å². The number of ether oxygens (including phenoxy) is 1. The molecule has 5 nitrogen and oxygen atoms in total. The molecular formula is C12H18N4O. The van der Waals surface area contributed by atoms with Crippen LogP contribution >= 0.6 is 0 Å². The Morgan fingerprint density at radius 1 is 1.24 bits per heavy atom. The summed E-state index contributed by atoms with van der Waals surface area (Å²) in [5.74, 6) is 1.61. The van der Waals surface area contributed by atoms with Crippen LogP contribution in [0.25, 0.3) is 0 Å². The average molecular weight is 234 g/mol. The SMILES string of the molecule is c1ncc(N2CCNCC2)nc1OC1CCC1. The van der Waals surface area contributed by atoms with E-state index in [0.29, 0.717) is 12.0 Å². The largest absolute Gasteiger partial charge is 0.473 e. The molecule has 17 heavy (non-hydrogen) atoms. The Morgan fingerprint density at radius 3 is 2.76 bits per heavy atom. The van der Waals surface area contributed by atoms with E-state index >= 15 is 0 Å². The first kappa shape index (κ1) is 10.8. The van der Waals surface area contributed by atoms with Crippen LogP contribution in [-0.4, -0.2) is 42.3 Å². The minimum absolute atomic E-state index is 0.363. The molecule has 1 aliphatic carbocycles. The molecular weight excluding hydrogens is 216 g/mol. The number of anilines is 1. The topological polar surface area (TPSA) is 50.3 Å². The maximum atomic E-state index is 5.77. The molecule has 1 saturated heterocycles. The molecule has 1 aliphatic heterocycles. The molecule has 5 heteroatoms. The van der Waals surface area contributed by atoms with Crippen LogP contribution in [0.15, 0.2) is 12.4 Å². The number of rotatable bonds is 3. The Kier molecular flexibility index (Phi) is 3.09. The van der Waals surface area contributed by atoms with Crippen molar-refractivity contribution in [3.8, 4) is 5.88 Å². The van der Waals surface area contributed by atoms with Crippen molar-refractivity contribution < 1.29 is 4.74 Å². The first-order valence-corrected chi connectivity index (χ1v) is 6.36. The minimum Gasteiger partial charge on any atom is -0.473 e. The van der Waals surface area contributed by atoms with E-state index < -0.39 is 0 Å². The van der Waals surface area contributed by atoms with Crippen molar-refractivity contribution in [2.75, 3.05) is 31.1 Å². The fourth-order valence-electron chi connectivity index (χ4n) is 2.10. The highest BCUT2D eigenvalue weighted by molar-refractivity contribution is 5.38. The van der Waals surface area contributed by atoms with Crippen LogP contribution in [0.2, 0.25) is 0 Å². The van der Waals surface area contributed by atoms with Gasteiger partial charge in [0.25, 0.3) is 0 Å². The molecule has 0 unspecified atom stereocenters. The molecule has 2 fully saturated rings. The van der Waals surface area contributed by atoms with Crippen molar-refractivity contribution in [2.45, 2.75) is 25.4 Å². The lowest BCUT2D eigenvalue weighted by Gasteiger charge is -2.29. The number of piperazine rings is 1.